The second-order valence-corrected chi connectivity index (χ2v) is 48.2. The van der Waals surface area contributed by atoms with Gasteiger partial charge in [-0.1, -0.05) is 104 Å². The smallest absolute Gasteiger partial charge is 0.0478 e. The number of benzene rings is 2. The molecule has 0 aliphatic heterocycles. The largest absolute Gasteiger partial charge is 0.153 e. The van der Waals surface area contributed by atoms with E-state index in [1.807, 2.05) is 0 Å². The summed E-state index contributed by atoms with van der Waals surface area (Å²) in [6, 6.07) is 16.6. The Balaban J connectivity index is 0.000000234. The van der Waals surface area contributed by atoms with Crippen molar-refractivity contribution in [3.8, 4) is 0 Å². The molecule has 0 N–H and O–H groups in total. The van der Waals surface area contributed by atoms with Gasteiger partial charge in [-0.05, 0) is 12.1 Å². The van der Waals surface area contributed by atoms with Crippen LogP contribution in [0.15, 0.2) is 36.4 Å². The third-order valence-electron chi connectivity index (χ3n) is 7.57. The summed E-state index contributed by atoms with van der Waals surface area (Å²) in [4.78, 5) is 0. The summed E-state index contributed by atoms with van der Waals surface area (Å²) in [5.74, 6) is 0. The molecule has 0 saturated carbocycles. The Labute approximate surface area is 262 Å². The molecule has 220 valence electrons. The second-order valence-electron chi connectivity index (χ2n) is 14.3. The van der Waals surface area contributed by atoms with Gasteiger partial charge in [0.05, 0.1) is 0 Å². The van der Waals surface area contributed by atoms with Crippen molar-refractivity contribution in [3.05, 3.63) is 80.9 Å². The van der Waals surface area contributed by atoms with Gasteiger partial charge in [0.2, 0.25) is 0 Å². The minimum Gasteiger partial charge on any atom is -0.153 e. The molecule has 0 spiro atoms. The first kappa shape index (κ1) is 36.0. The Hall–Kier alpha value is -0.226. The van der Waals surface area contributed by atoms with Gasteiger partial charge in [-0.2, -0.15) is 11.1 Å². The fourth-order valence-electron chi connectivity index (χ4n) is 5.28. The van der Waals surface area contributed by atoms with Gasteiger partial charge < -0.3 is 0 Å². The molecule has 0 saturated heterocycles. The Morgan fingerprint density at radius 2 is 0.925 bits per heavy atom. The van der Waals surface area contributed by atoms with Crippen LogP contribution in [0.25, 0.3) is 21.5 Å². The number of halogens is 2. The van der Waals surface area contributed by atoms with E-state index in [1.54, 1.807) is 11.1 Å². The Morgan fingerprint density at radius 1 is 0.625 bits per heavy atom. The van der Waals surface area contributed by atoms with Crippen LogP contribution in [0.4, 0.5) is 0 Å². The van der Waals surface area contributed by atoms with E-state index >= 15 is 0 Å². The van der Waals surface area contributed by atoms with Gasteiger partial charge >= 0.3 is 53.5 Å². The van der Waals surface area contributed by atoms with Crippen LogP contribution in [0.5, 0.6) is 0 Å². The molecule has 0 aliphatic carbocycles. The molecule has 6 heteroatoms. The number of rotatable bonds is 4. The summed E-state index contributed by atoms with van der Waals surface area (Å²) in [6.07, 6.45) is 0. The molecule has 0 nitrogen and oxygen atoms in total. The molecular formula is C34H52Cl2Si3Zr-2. The van der Waals surface area contributed by atoms with E-state index in [4.69, 9.17) is 17.0 Å². The van der Waals surface area contributed by atoms with Gasteiger partial charge in [0, 0.05) is 16.1 Å². The first-order valence-electron chi connectivity index (χ1n) is 14.5. The summed E-state index contributed by atoms with van der Waals surface area (Å²) in [5.41, 5.74) is 11.6. The van der Waals surface area contributed by atoms with E-state index in [0.29, 0.717) is 0 Å². The molecule has 4 rings (SSSR count). The first-order chi connectivity index (χ1) is 18.2. The second kappa shape index (κ2) is 14.5. The average Bonchev–Trinajstić information content (AvgIpc) is 3.28. The summed E-state index contributed by atoms with van der Waals surface area (Å²) in [5, 5.41) is 6.00. The summed E-state index contributed by atoms with van der Waals surface area (Å²) < 4.78 is 0. The van der Waals surface area contributed by atoms with Crippen molar-refractivity contribution < 1.29 is 18.0 Å². The van der Waals surface area contributed by atoms with E-state index in [0.717, 1.165) is 0 Å². The molecule has 0 unspecified atom stereocenters. The van der Waals surface area contributed by atoms with E-state index in [1.165, 1.54) is 67.0 Å². The fourth-order valence-corrected chi connectivity index (χ4v) is 8.15. The predicted molar refractivity (Wildman–Crippen MR) is 191 cm³/mol. The molecule has 40 heavy (non-hydrogen) atoms. The SMILES string of the molecule is C[Si](C)=[Zr]([Cl])[Cl].Cc1[cH-]c2c(C)ccc(C[Si](C)(C)C)c2c1C.Cc1[cH-]c2c(C)ccc(C[Si](C)(C)C)c2c1C. The van der Waals surface area contributed by atoms with Crippen LogP contribution >= 0.6 is 17.0 Å². The van der Waals surface area contributed by atoms with Crippen molar-refractivity contribution in [3.63, 3.8) is 0 Å². The minimum atomic E-state index is -1.65. The number of hydrogen-bond acceptors (Lipinski definition) is 0. The number of hydrogen-bond donors (Lipinski definition) is 0. The van der Waals surface area contributed by atoms with Gasteiger partial charge in [-0.25, -0.2) is 0 Å². The van der Waals surface area contributed by atoms with Crippen molar-refractivity contribution in [1.29, 1.82) is 0 Å². The zero-order chi connectivity index (χ0) is 30.7. The topological polar surface area (TPSA) is 0 Å². The maximum Gasteiger partial charge on any atom is 0.0478 e. The van der Waals surface area contributed by atoms with E-state index in [2.05, 4.69) is 130 Å². The van der Waals surface area contributed by atoms with Crippen molar-refractivity contribution in [2.45, 2.75) is 106 Å². The molecular weight excluding hydrogens is 655 g/mol. The molecule has 4 aromatic rings. The average molecular weight is 707 g/mol. The molecule has 0 aromatic heterocycles. The van der Waals surface area contributed by atoms with Crippen LogP contribution in [-0.4, -0.2) is 21.6 Å². The third-order valence-corrected chi connectivity index (χ3v) is 30.2. The van der Waals surface area contributed by atoms with Crippen LogP contribution in [-0.2, 0) is 30.1 Å². The standard InChI is InChI=1S/2C16H23Si.C2H6Si.2ClH.Zr/c2*1-11-7-8-14(10-17(4,5)6)16-13(3)12(2)9-15(11)16;1-3-2;;;/h2*7-9H,10H2,1-6H3;1-2H3;2*1H;/q2*-1;;;;+2/p-2. The Kier molecular flexibility index (Phi) is 13.0. The summed E-state index contributed by atoms with van der Waals surface area (Å²) >= 11 is -1.65. The van der Waals surface area contributed by atoms with Crippen LogP contribution in [0.2, 0.25) is 52.4 Å². The van der Waals surface area contributed by atoms with Crippen LogP contribution < -0.4 is 0 Å². The van der Waals surface area contributed by atoms with Gasteiger partial charge in [0.25, 0.3) is 0 Å². The van der Waals surface area contributed by atoms with Gasteiger partial charge in [-0.15, -0.1) is 68.1 Å². The van der Waals surface area contributed by atoms with Crippen molar-refractivity contribution in [2.75, 3.05) is 0 Å². The van der Waals surface area contributed by atoms with Gasteiger partial charge in [0.1, 0.15) is 0 Å². The quantitative estimate of drug-likeness (QED) is 0.146. The molecule has 0 aliphatic rings. The predicted octanol–water partition coefficient (Wildman–Crippen LogP) is 12.0. The maximum atomic E-state index is 5.62. The number of aryl methyl sites for hydroxylation is 6. The summed E-state index contributed by atoms with van der Waals surface area (Å²) in [6.45, 7) is 32.5. The molecule has 0 heterocycles. The van der Waals surface area contributed by atoms with E-state index in [9.17, 15) is 0 Å². The molecule has 0 amide bonds. The molecule has 4 aromatic carbocycles. The first-order valence-corrected chi connectivity index (χ1v) is 34.4. The Morgan fingerprint density at radius 3 is 1.18 bits per heavy atom. The Bertz CT molecular complexity index is 1390. The van der Waals surface area contributed by atoms with Gasteiger partial charge in [-0.3, -0.25) is 0 Å². The van der Waals surface area contributed by atoms with Crippen molar-refractivity contribution >= 4 is 60.2 Å². The molecule has 0 radical (unpaired) electrons. The molecule has 0 bridgehead atoms. The van der Waals surface area contributed by atoms with Crippen LogP contribution in [0, 0.1) is 41.5 Å². The minimum absolute atomic E-state index is 0.224. The normalized spacial score (nSPS) is 11.7. The molecule has 0 fully saturated rings. The monoisotopic (exact) mass is 704 g/mol. The molecule has 0 atom stereocenters. The zero-order valence-corrected chi connectivity index (χ0v) is 34.6. The van der Waals surface area contributed by atoms with E-state index < -0.39 is 34.1 Å². The van der Waals surface area contributed by atoms with Crippen molar-refractivity contribution in [2.24, 2.45) is 0 Å². The zero-order valence-electron chi connectivity index (χ0n) is 27.6. The van der Waals surface area contributed by atoms with Crippen LogP contribution in [0.1, 0.15) is 44.5 Å². The maximum absolute atomic E-state index is 5.62. The van der Waals surface area contributed by atoms with E-state index in [-0.39, 0.29) is 5.43 Å². The fraction of sp³-hybridized carbons (Fsp3) is 0.471. The third kappa shape index (κ3) is 9.92. The van der Waals surface area contributed by atoms with Gasteiger partial charge in [0.15, 0.2) is 0 Å². The number of fused-ring (bicyclic) bond motifs is 2. The van der Waals surface area contributed by atoms with Crippen LogP contribution in [0.3, 0.4) is 0 Å². The van der Waals surface area contributed by atoms with Crippen molar-refractivity contribution in [1.82, 2.24) is 0 Å². The summed E-state index contributed by atoms with van der Waals surface area (Å²) in [7, 11) is 9.15.